The summed E-state index contributed by atoms with van der Waals surface area (Å²) in [6, 6.07) is 13.2. The number of anilines is 1. The molecule has 0 aliphatic carbocycles. The molecule has 0 spiro atoms. The first-order chi connectivity index (χ1) is 11.6. The van der Waals surface area contributed by atoms with Gasteiger partial charge in [-0.25, -0.2) is 0 Å². The predicted octanol–water partition coefficient (Wildman–Crippen LogP) is 4.08. The van der Waals surface area contributed by atoms with Crippen molar-refractivity contribution in [2.45, 2.75) is 13.8 Å². The number of ether oxygens (including phenoxy) is 1. The summed E-state index contributed by atoms with van der Waals surface area (Å²) in [5.74, 6) is 0.544. The van der Waals surface area contributed by atoms with Gasteiger partial charge in [-0.05, 0) is 72.9 Å². The Hall–Kier alpha value is -2.73. The highest BCUT2D eigenvalue weighted by Gasteiger charge is 2.18. The van der Waals surface area contributed by atoms with Crippen molar-refractivity contribution in [3.8, 4) is 17.0 Å². The van der Waals surface area contributed by atoms with Gasteiger partial charge in [0.2, 0.25) is 0 Å². The topological polar surface area (TPSA) is 64.1 Å². The minimum atomic E-state index is -0.209. The number of carbonyl (C=O) groups excluding carboxylic acids is 1. The van der Waals surface area contributed by atoms with E-state index in [1.165, 1.54) is 5.56 Å². The Morgan fingerprint density at radius 2 is 1.83 bits per heavy atom. The quantitative estimate of drug-likeness (QED) is 0.778. The molecule has 0 unspecified atom stereocenters. The smallest absolute Gasteiger partial charge is 0.269 e. The molecule has 1 heterocycles. The highest BCUT2D eigenvalue weighted by atomic mass is 32.1. The van der Waals surface area contributed by atoms with Crippen LogP contribution in [-0.2, 0) is 0 Å². The second-order valence-electron chi connectivity index (χ2n) is 5.43. The summed E-state index contributed by atoms with van der Waals surface area (Å²) in [7, 11) is 1.61. The number of amides is 1. The number of carbonyl (C=O) groups is 1. The van der Waals surface area contributed by atoms with Crippen molar-refractivity contribution in [1.82, 2.24) is 9.59 Å². The number of methoxy groups -OCH3 is 1. The normalized spacial score (nSPS) is 10.5. The van der Waals surface area contributed by atoms with Crippen LogP contribution < -0.4 is 10.1 Å². The Bertz CT molecular complexity index is 872. The van der Waals surface area contributed by atoms with E-state index < -0.39 is 0 Å². The third kappa shape index (κ3) is 3.28. The zero-order valence-corrected chi connectivity index (χ0v) is 14.5. The molecule has 0 aliphatic heterocycles. The molecule has 0 radical (unpaired) electrons. The minimum Gasteiger partial charge on any atom is -0.497 e. The molecular formula is C18H17N3O2S. The van der Waals surface area contributed by atoms with E-state index in [1.807, 2.05) is 56.3 Å². The standard InChI is InChI=1S/C18H17N3O2S/c1-11-4-7-14(10-12(11)2)19-18(22)17-16(20-21-24-17)13-5-8-15(23-3)9-6-13/h4-10H,1-3H3,(H,19,22). The average molecular weight is 339 g/mol. The number of aromatic nitrogens is 2. The summed E-state index contributed by atoms with van der Waals surface area (Å²) in [6.07, 6.45) is 0. The maximum atomic E-state index is 12.6. The van der Waals surface area contributed by atoms with Gasteiger partial charge in [-0.15, -0.1) is 5.10 Å². The van der Waals surface area contributed by atoms with Crippen LogP contribution in [0.1, 0.15) is 20.8 Å². The lowest BCUT2D eigenvalue weighted by Crippen LogP contribution is -2.11. The minimum absolute atomic E-state index is 0.209. The van der Waals surface area contributed by atoms with Crippen LogP contribution in [0.4, 0.5) is 5.69 Å². The van der Waals surface area contributed by atoms with E-state index in [4.69, 9.17) is 4.74 Å². The zero-order chi connectivity index (χ0) is 17.1. The Labute approximate surface area is 144 Å². The van der Waals surface area contributed by atoms with Crippen LogP contribution in [0.2, 0.25) is 0 Å². The highest BCUT2D eigenvalue weighted by Crippen LogP contribution is 2.26. The van der Waals surface area contributed by atoms with Gasteiger partial charge in [-0.3, -0.25) is 4.79 Å². The Kier molecular flexibility index (Phi) is 4.57. The molecule has 0 atom stereocenters. The fraction of sp³-hybridized carbons (Fsp3) is 0.167. The number of rotatable bonds is 4. The fourth-order valence-corrected chi connectivity index (χ4v) is 2.87. The number of nitrogens with one attached hydrogen (secondary N) is 1. The second-order valence-corrected chi connectivity index (χ2v) is 6.19. The lowest BCUT2D eigenvalue weighted by Gasteiger charge is -2.07. The molecule has 1 N–H and O–H groups in total. The molecule has 3 aromatic rings. The number of benzene rings is 2. The van der Waals surface area contributed by atoms with E-state index in [1.54, 1.807) is 7.11 Å². The number of aryl methyl sites for hydroxylation is 2. The Morgan fingerprint density at radius 1 is 1.08 bits per heavy atom. The van der Waals surface area contributed by atoms with Gasteiger partial charge in [0.25, 0.3) is 5.91 Å². The molecule has 0 aliphatic rings. The fourth-order valence-electron chi connectivity index (χ4n) is 2.28. The number of hydrogen-bond acceptors (Lipinski definition) is 5. The van der Waals surface area contributed by atoms with Gasteiger partial charge in [0.1, 0.15) is 16.3 Å². The Morgan fingerprint density at radius 3 is 2.50 bits per heavy atom. The van der Waals surface area contributed by atoms with Crippen molar-refractivity contribution >= 4 is 23.1 Å². The van der Waals surface area contributed by atoms with Gasteiger partial charge in [0.05, 0.1) is 7.11 Å². The number of hydrogen-bond donors (Lipinski definition) is 1. The van der Waals surface area contributed by atoms with Gasteiger partial charge in [0.15, 0.2) is 0 Å². The molecule has 2 aromatic carbocycles. The summed E-state index contributed by atoms with van der Waals surface area (Å²) in [6.45, 7) is 4.05. The first kappa shape index (κ1) is 16.1. The third-order valence-corrected chi connectivity index (χ3v) is 4.55. The summed E-state index contributed by atoms with van der Waals surface area (Å²) < 4.78 is 9.09. The van der Waals surface area contributed by atoms with E-state index in [-0.39, 0.29) is 5.91 Å². The molecule has 1 amide bonds. The lowest BCUT2D eigenvalue weighted by atomic mass is 10.1. The Balaban J connectivity index is 1.85. The van der Waals surface area contributed by atoms with Crippen LogP contribution in [-0.4, -0.2) is 22.6 Å². The molecule has 1 aromatic heterocycles. The van der Waals surface area contributed by atoms with Gasteiger partial charge in [-0.1, -0.05) is 10.6 Å². The molecule has 0 fully saturated rings. The van der Waals surface area contributed by atoms with E-state index in [0.717, 1.165) is 34.1 Å². The number of nitrogens with zero attached hydrogens (tertiary/aromatic N) is 2. The molecular weight excluding hydrogens is 322 g/mol. The molecule has 24 heavy (non-hydrogen) atoms. The van der Waals surface area contributed by atoms with Crippen LogP contribution in [0.3, 0.4) is 0 Å². The van der Waals surface area contributed by atoms with Gasteiger partial charge < -0.3 is 10.1 Å². The molecule has 0 saturated carbocycles. The molecule has 5 nitrogen and oxygen atoms in total. The van der Waals surface area contributed by atoms with Crippen LogP contribution >= 0.6 is 11.5 Å². The van der Waals surface area contributed by atoms with Crippen LogP contribution in [0, 0.1) is 13.8 Å². The van der Waals surface area contributed by atoms with Crippen molar-refractivity contribution in [3.63, 3.8) is 0 Å². The predicted molar refractivity (Wildman–Crippen MR) is 95.8 cm³/mol. The van der Waals surface area contributed by atoms with Crippen molar-refractivity contribution in [1.29, 1.82) is 0 Å². The maximum Gasteiger partial charge on any atom is 0.269 e. The zero-order valence-electron chi connectivity index (χ0n) is 13.7. The van der Waals surface area contributed by atoms with Crippen LogP contribution in [0.5, 0.6) is 5.75 Å². The molecule has 0 bridgehead atoms. The first-order valence-electron chi connectivity index (χ1n) is 7.44. The van der Waals surface area contributed by atoms with Crippen molar-refractivity contribution in [3.05, 3.63) is 58.5 Å². The van der Waals surface area contributed by atoms with Crippen molar-refractivity contribution < 1.29 is 9.53 Å². The lowest BCUT2D eigenvalue weighted by molar-refractivity contribution is 0.103. The molecule has 0 saturated heterocycles. The average Bonchev–Trinajstić information content (AvgIpc) is 3.08. The SMILES string of the molecule is COc1ccc(-c2nnsc2C(=O)Nc2ccc(C)c(C)c2)cc1. The van der Waals surface area contributed by atoms with E-state index >= 15 is 0 Å². The van der Waals surface area contributed by atoms with E-state index in [9.17, 15) is 4.79 Å². The molecule has 6 heteroatoms. The first-order valence-corrected chi connectivity index (χ1v) is 8.21. The highest BCUT2D eigenvalue weighted by molar-refractivity contribution is 7.08. The van der Waals surface area contributed by atoms with E-state index in [0.29, 0.717) is 10.6 Å². The van der Waals surface area contributed by atoms with Crippen LogP contribution in [0.15, 0.2) is 42.5 Å². The molecule has 122 valence electrons. The summed E-state index contributed by atoms with van der Waals surface area (Å²) >= 11 is 1.08. The summed E-state index contributed by atoms with van der Waals surface area (Å²) in [5.41, 5.74) is 4.48. The van der Waals surface area contributed by atoms with Crippen molar-refractivity contribution in [2.75, 3.05) is 12.4 Å². The summed E-state index contributed by atoms with van der Waals surface area (Å²) in [5, 5.41) is 7.02. The largest absolute Gasteiger partial charge is 0.497 e. The van der Waals surface area contributed by atoms with Crippen LogP contribution in [0.25, 0.3) is 11.3 Å². The van der Waals surface area contributed by atoms with Gasteiger partial charge >= 0.3 is 0 Å². The second kappa shape index (κ2) is 6.80. The van der Waals surface area contributed by atoms with Gasteiger partial charge in [0, 0.05) is 11.3 Å². The monoisotopic (exact) mass is 339 g/mol. The van der Waals surface area contributed by atoms with Crippen molar-refractivity contribution in [2.24, 2.45) is 0 Å². The van der Waals surface area contributed by atoms with Gasteiger partial charge in [-0.2, -0.15) is 0 Å². The summed E-state index contributed by atoms with van der Waals surface area (Å²) in [4.78, 5) is 13.1. The third-order valence-electron chi connectivity index (χ3n) is 3.82. The molecule has 3 rings (SSSR count). The maximum absolute atomic E-state index is 12.6. The van der Waals surface area contributed by atoms with E-state index in [2.05, 4.69) is 14.9 Å².